The van der Waals surface area contributed by atoms with Crippen LogP contribution in [0.15, 0.2) is 17.8 Å². The standard InChI is InChI=1S/C13H13F3N4O2S/c14-13(15,16)11(22)20-3-1-2-9(20)10(21)17-6-8-7-19-4-5-23-12(19)18-8/h4-5,7,9H,1-3,6H2,(H,17,21). The van der Waals surface area contributed by atoms with E-state index in [4.69, 9.17) is 0 Å². The van der Waals surface area contributed by atoms with Crippen molar-refractivity contribution >= 4 is 28.1 Å². The van der Waals surface area contributed by atoms with Crippen LogP contribution in [0.25, 0.3) is 4.96 Å². The monoisotopic (exact) mass is 346 g/mol. The number of imidazole rings is 1. The molecule has 1 fully saturated rings. The Hall–Kier alpha value is -2.10. The highest BCUT2D eigenvalue weighted by Gasteiger charge is 2.47. The molecule has 2 aromatic rings. The second-order valence-corrected chi connectivity index (χ2v) is 6.07. The van der Waals surface area contributed by atoms with Gasteiger partial charge in [0, 0.05) is 24.3 Å². The van der Waals surface area contributed by atoms with Crippen LogP contribution in [0, 0.1) is 0 Å². The molecular formula is C13H13F3N4O2S. The number of nitrogens with zero attached hydrogens (tertiary/aromatic N) is 3. The van der Waals surface area contributed by atoms with Crippen LogP contribution >= 0.6 is 11.3 Å². The number of rotatable bonds is 3. The Morgan fingerprint density at radius 3 is 2.91 bits per heavy atom. The molecule has 1 N–H and O–H groups in total. The second-order valence-electron chi connectivity index (χ2n) is 5.20. The maximum absolute atomic E-state index is 12.5. The Balaban J connectivity index is 1.63. The molecule has 2 aromatic heterocycles. The minimum atomic E-state index is -4.96. The fourth-order valence-electron chi connectivity index (χ4n) is 2.60. The van der Waals surface area contributed by atoms with Gasteiger partial charge in [0.2, 0.25) is 5.91 Å². The van der Waals surface area contributed by atoms with E-state index in [1.54, 1.807) is 10.6 Å². The summed E-state index contributed by atoms with van der Waals surface area (Å²) in [7, 11) is 0. The Bertz CT molecular complexity index is 710. The second kappa shape index (κ2) is 5.84. The van der Waals surface area contributed by atoms with Crippen LogP contribution in [0.1, 0.15) is 18.5 Å². The average molecular weight is 346 g/mol. The lowest BCUT2D eigenvalue weighted by Gasteiger charge is -2.24. The average Bonchev–Trinajstić information content (AvgIpc) is 3.17. The molecule has 0 radical (unpaired) electrons. The zero-order chi connectivity index (χ0) is 16.6. The minimum absolute atomic E-state index is 0.0589. The van der Waals surface area contributed by atoms with Crippen molar-refractivity contribution in [2.75, 3.05) is 6.54 Å². The molecule has 1 atom stereocenters. The number of halogens is 3. The molecule has 1 aliphatic rings. The maximum atomic E-state index is 12.5. The molecule has 1 aliphatic heterocycles. The van der Waals surface area contributed by atoms with Gasteiger partial charge in [0.1, 0.15) is 6.04 Å². The number of fused-ring (bicyclic) bond motifs is 1. The summed E-state index contributed by atoms with van der Waals surface area (Å²) in [6.07, 6.45) is -0.804. The lowest BCUT2D eigenvalue weighted by Crippen LogP contribution is -2.50. The maximum Gasteiger partial charge on any atom is 0.471 e. The number of amides is 2. The number of alkyl halides is 3. The van der Waals surface area contributed by atoms with E-state index in [1.165, 1.54) is 11.3 Å². The van der Waals surface area contributed by atoms with E-state index in [1.807, 2.05) is 11.6 Å². The largest absolute Gasteiger partial charge is 0.471 e. The summed E-state index contributed by atoms with van der Waals surface area (Å²) in [5.41, 5.74) is 0.608. The van der Waals surface area contributed by atoms with Crippen LogP contribution < -0.4 is 5.32 Å². The molecule has 2 amide bonds. The number of hydrogen-bond donors (Lipinski definition) is 1. The van der Waals surface area contributed by atoms with Crippen molar-refractivity contribution in [2.24, 2.45) is 0 Å². The minimum Gasteiger partial charge on any atom is -0.349 e. The van der Waals surface area contributed by atoms with Gasteiger partial charge in [-0.25, -0.2) is 4.98 Å². The van der Waals surface area contributed by atoms with Crippen molar-refractivity contribution in [1.82, 2.24) is 19.6 Å². The van der Waals surface area contributed by atoms with Gasteiger partial charge in [-0.05, 0) is 12.8 Å². The van der Waals surface area contributed by atoms with Crippen molar-refractivity contribution in [1.29, 1.82) is 0 Å². The van der Waals surface area contributed by atoms with Gasteiger partial charge in [0.05, 0.1) is 12.2 Å². The SMILES string of the molecule is O=C(NCc1cn2ccsc2n1)C1CCCN1C(=O)C(F)(F)F. The van der Waals surface area contributed by atoms with E-state index in [-0.39, 0.29) is 19.5 Å². The summed E-state index contributed by atoms with van der Waals surface area (Å²) in [4.78, 5) is 29.1. The summed E-state index contributed by atoms with van der Waals surface area (Å²) in [5, 5.41) is 4.42. The third-order valence-corrected chi connectivity index (χ3v) is 4.42. The Kier molecular flexibility index (Phi) is 4.00. The van der Waals surface area contributed by atoms with Gasteiger partial charge in [-0.3, -0.25) is 14.0 Å². The molecule has 3 heterocycles. The van der Waals surface area contributed by atoms with Gasteiger partial charge in [0.25, 0.3) is 0 Å². The van der Waals surface area contributed by atoms with Gasteiger partial charge in [-0.2, -0.15) is 13.2 Å². The fourth-order valence-corrected chi connectivity index (χ4v) is 3.32. The van der Waals surface area contributed by atoms with E-state index in [2.05, 4.69) is 10.3 Å². The molecule has 23 heavy (non-hydrogen) atoms. The number of thiazole rings is 1. The number of likely N-dealkylation sites (tertiary alicyclic amines) is 1. The van der Waals surface area contributed by atoms with Crippen LogP contribution in [-0.4, -0.2) is 44.9 Å². The number of aromatic nitrogens is 2. The van der Waals surface area contributed by atoms with Crippen LogP contribution in [0.2, 0.25) is 0 Å². The summed E-state index contributed by atoms with van der Waals surface area (Å²) in [6.45, 7) is 0.0500. The van der Waals surface area contributed by atoms with Gasteiger partial charge >= 0.3 is 12.1 Å². The first-order valence-electron chi connectivity index (χ1n) is 6.93. The van der Waals surface area contributed by atoms with E-state index >= 15 is 0 Å². The molecule has 10 heteroatoms. The highest BCUT2D eigenvalue weighted by atomic mass is 32.1. The number of carbonyl (C=O) groups excluding carboxylic acids is 2. The molecule has 3 rings (SSSR count). The third kappa shape index (κ3) is 3.16. The van der Waals surface area contributed by atoms with E-state index in [9.17, 15) is 22.8 Å². The highest BCUT2D eigenvalue weighted by molar-refractivity contribution is 7.15. The Labute approximate surface area is 132 Å². The van der Waals surface area contributed by atoms with Crippen molar-refractivity contribution in [3.8, 4) is 0 Å². The molecule has 0 bridgehead atoms. The smallest absolute Gasteiger partial charge is 0.349 e. The van der Waals surface area contributed by atoms with Crippen LogP contribution in [-0.2, 0) is 16.1 Å². The zero-order valence-corrected chi connectivity index (χ0v) is 12.7. The van der Waals surface area contributed by atoms with Crippen molar-refractivity contribution < 1.29 is 22.8 Å². The normalized spacial score (nSPS) is 18.6. The van der Waals surface area contributed by atoms with Crippen LogP contribution in [0.3, 0.4) is 0 Å². The summed E-state index contributed by atoms with van der Waals surface area (Å²) < 4.78 is 39.4. The van der Waals surface area contributed by atoms with Gasteiger partial charge < -0.3 is 10.2 Å². The molecule has 6 nitrogen and oxygen atoms in total. The van der Waals surface area contributed by atoms with Gasteiger partial charge in [-0.1, -0.05) is 0 Å². The van der Waals surface area contributed by atoms with Crippen LogP contribution in [0.4, 0.5) is 13.2 Å². The summed E-state index contributed by atoms with van der Waals surface area (Å²) in [5.74, 6) is -2.55. The van der Waals surface area contributed by atoms with Crippen molar-refractivity contribution in [2.45, 2.75) is 31.6 Å². The third-order valence-electron chi connectivity index (χ3n) is 3.65. The van der Waals surface area contributed by atoms with E-state index < -0.39 is 24.0 Å². The lowest BCUT2D eigenvalue weighted by molar-refractivity contribution is -0.186. The number of carbonyl (C=O) groups is 2. The summed E-state index contributed by atoms with van der Waals surface area (Å²) in [6, 6.07) is -1.08. The number of nitrogens with one attached hydrogen (secondary N) is 1. The molecule has 0 spiro atoms. The van der Waals surface area contributed by atoms with Crippen LogP contribution in [0.5, 0.6) is 0 Å². The first kappa shape index (κ1) is 15.8. The first-order valence-corrected chi connectivity index (χ1v) is 7.81. The fraction of sp³-hybridized carbons (Fsp3) is 0.462. The molecule has 1 unspecified atom stereocenters. The molecule has 1 saturated heterocycles. The molecule has 124 valence electrons. The molecule has 0 aliphatic carbocycles. The predicted octanol–water partition coefficient (Wildman–Crippen LogP) is 1.57. The predicted molar refractivity (Wildman–Crippen MR) is 75.7 cm³/mol. The zero-order valence-electron chi connectivity index (χ0n) is 11.8. The number of hydrogen-bond acceptors (Lipinski definition) is 4. The summed E-state index contributed by atoms with van der Waals surface area (Å²) >= 11 is 1.44. The van der Waals surface area contributed by atoms with Gasteiger partial charge in [-0.15, -0.1) is 11.3 Å². The van der Waals surface area contributed by atoms with Crippen molar-refractivity contribution in [3.63, 3.8) is 0 Å². The first-order chi connectivity index (χ1) is 10.9. The quantitative estimate of drug-likeness (QED) is 0.917. The Morgan fingerprint density at radius 1 is 1.43 bits per heavy atom. The van der Waals surface area contributed by atoms with E-state index in [0.717, 1.165) is 4.96 Å². The van der Waals surface area contributed by atoms with E-state index in [0.29, 0.717) is 17.0 Å². The molecule has 0 saturated carbocycles. The Morgan fingerprint density at radius 2 is 2.22 bits per heavy atom. The topological polar surface area (TPSA) is 66.7 Å². The highest BCUT2D eigenvalue weighted by Crippen LogP contribution is 2.25. The lowest BCUT2D eigenvalue weighted by atomic mass is 10.2. The van der Waals surface area contributed by atoms with Crippen molar-refractivity contribution in [3.05, 3.63) is 23.5 Å². The molecular weight excluding hydrogens is 333 g/mol. The van der Waals surface area contributed by atoms with Gasteiger partial charge in [0.15, 0.2) is 4.96 Å². The molecule has 0 aromatic carbocycles.